The van der Waals surface area contributed by atoms with E-state index in [-0.39, 0.29) is 25.7 Å². The SMILES string of the molecule is CCCCCCCCCCCCCCCCCC(=O)OC[C@H](COP(=O)(O)OC[C@@H](O)COP(=O)(O)OC[C@@H](COC(=O)CCCCCCCCCCC)OC(=O)CCCCCCCCCCCCCCCC)OC(=O)CCCCCCCCCCCCCCCCCCC(C)C. The zero-order chi connectivity index (χ0) is 71.2. The fourth-order valence-electron chi connectivity index (χ4n) is 12.1. The third-order valence-electron chi connectivity index (χ3n) is 18.3. The number of carbonyl (C=O) groups excluding carboxylic acids is 4. The lowest BCUT2D eigenvalue weighted by Gasteiger charge is -2.21. The summed E-state index contributed by atoms with van der Waals surface area (Å²) < 4.78 is 68.6. The van der Waals surface area contributed by atoms with Crippen LogP contribution in [0.25, 0.3) is 0 Å². The molecule has 0 aliphatic heterocycles. The third-order valence-corrected chi connectivity index (χ3v) is 20.2. The van der Waals surface area contributed by atoms with Crippen molar-refractivity contribution in [2.24, 2.45) is 5.92 Å². The van der Waals surface area contributed by atoms with Crippen molar-refractivity contribution in [3.63, 3.8) is 0 Å². The van der Waals surface area contributed by atoms with Crippen LogP contribution in [0.5, 0.6) is 0 Å². The predicted octanol–water partition coefficient (Wildman–Crippen LogP) is 23.3. The van der Waals surface area contributed by atoms with E-state index in [9.17, 15) is 43.2 Å². The molecule has 0 amide bonds. The van der Waals surface area contributed by atoms with Crippen LogP contribution in [0.3, 0.4) is 0 Å². The number of esters is 4. The maximum Gasteiger partial charge on any atom is 0.472 e. The Labute approximate surface area is 594 Å². The highest BCUT2D eigenvalue weighted by atomic mass is 31.2. The number of rotatable bonds is 78. The van der Waals surface area contributed by atoms with E-state index in [1.807, 2.05) is 0 Å². The standard InChI is InChI=1S/C78H152O17P2/c1-6-9-12-15-18-21-23-25-29-34-37-42-47-52-57-62-76(81)89-68-74(95-78(83)64-59-54-49-44-39-35-31-28-27-30-32-36-41-45-50-55-60-71(4)5)70-93-97(86,87)91-66-72(79)65-90-96(84,85)92-69-73(67-88-75(80)61-56-51-46-40-20-17-14-11-8-3)94-77(82)63-58-53-48-43-38-33-26-24-22-19-16-13-10-7-2/h71-74,79H,6-70H2,1-5H3,(H,84,85)(H,86,87)/t72-,73+,74+/m0/s1. The van der Waals surface area contributed by atoms with Crippen molar-refractivity contribution >= 4 is 39.5 Å². The molecule has 5 atom stereocenters. The second kappa shape index (κ2) is 71.1. The highest BCUT2D eigenvalue weighted by Crippen LogP contribution is 2.45. The molecule has 17 nitrogen and oxygen atoms in total. The van der Waals surface area contributed by atoms with E-state index in [0.717, 1.165) is 95.8 Å². The molecule has 0 aliphatic rings. The summed E-state index contributed by atoms with van der Waals surface area (Å²) in [6, 6.07) is 0. The molecule has 0 radical (unpaired) electrons. The van der Waals surface area contributed by atoms with Gasteiger partial charge in [0.25, 0.3) is 0 Å². The van der Waals surface area contributed by atoms with Gasteiger partial charge in [-0.05, 0) is 31.6 Å². The first-order chi connectivity index (χ1) is 47.0. The molecule has 3 N–H and O–H groups in total. The smallest absolute Gasteiger partial charge is 0.462 e. The highest BCUT2D eigenvalue weighted by Gasteiger charge is 2.30. The summed E-state index contributed by atoms with van der Waals surface area (Å²) in [5, 5.41) is 10.6. The Bertz CT molecular complexity index is 1860. The first-order valence-electron chi connectivity index (χ1n) is 40.6. The number of aliphatic hydroxyl groups is 1. The lowest BCUT2D eigenvalue weighted by molar-refractivity contribution is -0.161. The van der Waals surface area contributed by atoms with Crippen molar-refractivity contribution in [2.75, 3.05) is 39.6 Å². The van der Waals surface area contributed by atoms with E-state index in [1.165, 1.54) is 238 Å². The lowest BCUT2D eigenvalue weighted by atomic mass is 10.0. The van der Waals surface area contributed by atoms with Crippen molar-refractivity contribution < 1.29 is 80.2 Å². The van der Waals surface area contributed by atoms with Gasteiger partial charge >= 0.3 is 39.5 Å². The molecule has 0 bridgehead atoms. The third kappa shape index (κ3) is 72.2. The van der Waals surface area contributed by atoms with E-state index in [4.69, 9.17) is 37.0 Å². The Hall–Kier alpha value is -1.94. The number of unbranched alkanes of at least 4 members (excludes halogenated alkanes) is 50. The average molecular weight is 1420 g/mol. The molecular weight excluding hydrogens is 1270 g/mol. The average Bonchev–Trinajstić information content (AvgIpc) is 3.02. The molecule has 0 rings (SSSR count). The molecule has 576 valence electrons. The van der Waals surface area contributed by atoms with Gasteiger partial charge in [-0.15, -0.1) is 0 Å². The van der Waals surface area contributed by atoms with Gasteiger partial charge in [0, 0.05) is 25.7 Å². The Kier molecular flexibility index (Phi) is 69.6. The van der Waals surface area contributed by atoms with Gasteiger partial charge in [0.05, 0.1) is 26.4 Å². The highest BCUT2D eigenvalue weighted by molar-refractivity contribution is 7.47. The molecule has 97 heavy (non-hydrogen) atoms. The number of aliphatic hydroxyl groups excluding tert-OH is 1. The van der Waals surface area contributed by atoms with Crippen LogP contribution in [0.4, 0.5) is 0 Å². The maximum absolute atomic E-state index is 13.1. The number of ether oxygens (including phenoxy) is 4. The van der Waals surface area contributed by atoms with E-state index < -0.39 is 97.5 Å². The molecule has 2 unspecified atom stereocenters. The minimum Gasteiger partial charge on any atom is -0.462 e. The summed E-state index contributed by atoms with van der Waals surface area (Å²) >= 11 is 0. The fourth-order valence-corrected chi connectivity index (χ4v) is 13.6. The van der Waals surface area contributed by atoms with E-state index in [1.54, 1.807) is 0 Å². The minimum atomic E-state index is -4.96. The van der Waals surface area contributed by atoms with Crippen LogP contribution in [0.2, 0.25) is 0 Å². The Balaban J connectivity index is 5.22. The monoisotopic (exact) mass is 1420 g/mol. The van der Waals surface area contributed by atoms with Gasteiger partial charge in [0.2, 0.25) is 0 Å². The summed E-state index contributed by atoms with van der Waals surface area (Å²) in [7, 11) is -9.91. The minimum absolute atomic E-state index is 0.108. The van der Waals surface area contributed by atoms with Crippen molar-refractivity contribution in [1.29, 1.82) is 0 Å². The van der Waals surface area contributed by atoms with E-state index in [0.29, 0.717) is 25.7 Å². The van der Waals surface area contributed by atoms with Crippen LogP contribution in [-0.4, -0.2) is 96.7 Å². The second-order valence-corrected chi connectivity index (χ2v) is 31.5. The number of hydrogen-bond acceptors (Lipinski definition) is 15. The predicted molar refractivity (Wildman–Crippen MR) is 395 cm³/mol. The van der Waals surface area contributed by atoms with E-state index in [2.05, 4.69) is 34.6 Å². The van der Waals surface area contributed by atoms with Crippen LogP contribution >= 0.6 is 15.6 Å². The molecule has 0 aromatic heterocycles. The first-order valence-corrected chi connectivity index (χ1v) is 43.6. The molecule has 0 aliphatic carbocycles. The number of hydrogen-bond donors (Lipinski definition) is 3. The Morgan fingerprint density at radius 2 is 0.474 bits per heavy atom. The molecule has 0 aromatic carbocycles. The number of carbonyl (C=O) groups is 4. The second-order valence-electron chi connectivity index (χ2n) is 28.6. The molecule has 19 heteroatoms. The van der Waals surface area contributed by atoms with Crippen LogP contribution in [0, 0.1) is 5.92 Å². The molecule has 0 saturated carbocycles. The van der Waals surface area contributed by atoms with Gasteiger partial charge < -0.3 is 33.8 Å². The first kappa shape index (κ1) is 95.1. The van der Waals surface area contributed by atoms with E-state index >= 15 is 0 Å². The van der Waals surface area contributed by atoms with Gasteiger partial charge in [0.1, 0.15) is 19.3 Å². The van der Waals surface area contributed by atoms with Crippen molar-refractivity contribution in [3.8, 4) is 0 Å². The molecule has 0 fully saturated rings. The van der Waals surface area contributed by atoms with Gasteiger partial charge in [-0.3, -0.25) is 37.3 Å². The summed E-state index contributed by atoms with van der Waals surface area (Å²) in [5.74, 6) is -1.30. The Morgan fingerprint density at radius 1 is 0.278 bits per heavy atom. The normalized spacial score (nSPS) is 13.9. The number of phosphoric acid groups is 2. The molecule has 0 aromatic rings. The topological polar surface area (TPSA) is 237 Å². The van der Waals surface area contributed by atoms with Crippen molar-refractivity contribution in [3.05, 3.63) is 0 Å². The van der Waals surface area contributed by atoms with Crippen LogP contribution in [0.15, 0.2) is 0 Å². The van der Waals surface area contributed by atoms with Crippen LogP contribution < -0.4 is 0 Å². The number of phosphoric ester groups is 2. The quantitative estimate of drug-likeness (QED) is 0.0222. The summed E-state index contributed by atoms with van der Waals surface area (Å²) in [4.78, 5) is 72.9. The molecular formula is C78H152O17P2. The molecule has 0 saturated heterocycles. The zero-order valence-electron chi connectivity index (χ0n) is 63.2. The lowest BCUT2D eigenvalue weighted by Crippen LogP contribution is -2.30. The zero-order valence-corrected chi connectivity index (χ0v) is 65.0. The fraction of sp³-hybridized carbons (Fsp3) is 0.949. The van der Waals surface area contributed by atoms with Gasteiger partial charge in [-0.1, -0.05) is 362 Å². The van der Waals surface area contributed by atoms with Crippen molar-refractivity contribution in [2.45, 2.75) is 432 Å². The van der Waals surface area contributed by atoms with Gasteiger partial charge in [-0.2, -0.15) is 0 Å². The largest absolute Gasteiger partial charge is 0.472 e. The van der Waals surface area contributed by atoms with Crippen LogP contribution in [-0.2, 0) is 65.4 Å². The van der Waals surface area contributed by atoms with Crippen molar-refractivity contribution in [1.82, 2.24) is 0 Å². The van der Waals surface area contributed by atoms with Crippen LogP contribution in [0.1, 0.15) is 413 Å². The maximum atomic E-state index is 13.1. The summed E-state index contributed by atoms with van der Waals surface area (Å²) in [6.07, 6.45) is 60.9. The summed E-state index contributed by atoms with van der Waals surface area (Å²) in [6.45, 7) is 7.33. The molecule has 0 heterocycles. The Morgan fingerprint density at radius 3 is 0.701 bits per heavy atom. The summed E-state index contributed by atoms with van der Waals surface area (Å²) in [5.41, 5.74) is 0. The molecule has 0 spiro atoms. The van der Waals surface area contributed by atoms with Gasteiger partial charge in [-0.25, -0.2) is 9.13 Å². The van der Waals surface area contributed by atoms with Gasteiger partial charge in [0.15, 0.2) is 12.2 Å².